The van der Waals surface area contributed by atoms with E-state index in [1.54, 1.807) is 6.07 Å². The van der Waals surface area contributed by atoms with Gasteiger partial charge in [0.25, 0.3) is 5.69 Å². The van der Waals surface area contributed by atoms with Gasteiger partial charge in [-0.3, -0.25) is 30.4 Å². The average Bonchev–Trinajstić information content (AvgIpc) is 3.18. The van der Waals surface area contributed by atoms with Crippen molar-refractivity contribution in [3.63, 3.8) is 0 Å². The van der Waals surface area contributed by atoms with Crippen LogP contribution in [0.1, 0.15) is 12.0 Å². The first-order chi connectivity index (χ1) is 9.54. The number of para-hydroxylation sites is 1. The highest BCUT2D eigenvalue weighted by Gasteiger charge is 2.58. The number of nitro benzene ring substituents is 1. The number of hydrogen-bond acceptors (Lipinski definition) is 6. The zero-order valence-electron chi connectivity index (χ0n) is 10.4. The second kappa shape index (κ2) is 4.27. The number of imide groups is 1. The number of carbonyl (C=O) groups is 2. The summed E-state index contributed by atoms with van der Waals surface area (Å²) in [5, 5.41) is 10.9. The predicted molar refractivity (Wildman–Crippen MR) is 68.1 cm³/mol. The lowest BCUT2D eigenvalue weighted by molar-refractivity contribution is -0.384. The van der Waals surface area contributed by atoms with E-state index in [0.717, 1.165) is 4.90 Å². The van der Waals surface area contributed by atoms with E-state index in [-0.39, 0.29) is 41.6 Å². The van der Waals surface area contributed by atoms with E-state index >= 15 is 0 Å². The van der Waals surface area contributed by atoms with Crippen LogP contribution in [0.3, 0.4) is 0 Å². The highest BCUT2D eigenvalue weighted by Crippen LogP contribution is 2.47. The molecule has 0 radical (unpaired) electrons. The number of nitrogen functional groups attached to an aromatic ring is 1. The lowest BCUT2D eigenvalue weighted by Crippen LogP contribution is -2.32. The number of benzene rings is 1. The fourth-order valence-electron chi connectivity index (χ4n) is 2.61. The van der Waals surface area contributed by atoms with Gasteiger partial charge in [-0.25, -0.2) is 0 Å². The minimum absolute atomic E-state index is 0.00583. The standard InChI is InChI=1S/C12H12N4O4/c13-14-10-6(2-1-3-9(10)16(19)20)5-15-11(17)7-4-8(7)12(15)18/h1-3,7-8,14H,4-5,13H2. The number of fused-ring (bicyclic) bond motifs is 1. The molecule has 0 aromatic heterocycles. The Kier molecular flexibility index (Phi) is 2.68. The Balaban J connectivity index is 1.91. The van der Waals surface area contributed by atoms with Crippen LogP contribution in [0.15, 0.2) is 18.2 Å². The van der Waals surface area contributed by atoms with Gasteiger partial charge >= 0.3 is 0 Å². The lowest BCUT2D eigenvalue weighted by atomic mass is 10.1. The van der Waals surface area contributed by atoms with Gasteiger partial charge in [0.1, 0.15) is 5.69 Å². The van der Waals surface area contributed by atoms with Crippen LogP contribution in [0.4, 0.5) is 11.4 Å². The van der Waals surface area contributed by atoms with E-state index in [4.69, 9.17) is 5.84 Å². The number of rotatable bonds is 4. The molecule has 20 heavy (non-hydrogen) atoms. The van der Waals surface area contributed by atoms with Crippen LogP contribution in [0.2, 0.25) is 0 Å². The molecule has 3 N–H and O–H groups in total. The van der Waals surface area contributed by atoms with E-state index in [2.05, 4.69) is 5.43 Å². The third-order valence-corrected chi connectivity index (χ3v) is 3.76. The first-order valence-electron chi connectivity index (χ1n) is 6.12. The molecule has 1 aromatic rings. The topological polar surface area (TPSA) is 119 Å². The Morgan fingerprint density at radius 1 is 1.35 bits per heavy atom. The molecule has 2 amide bonds. The number of nitro groups is 1. The van der Waals surface area contributed by atoms with Crippen molar-refractivity contribution in [3.05, 3.63) is 33.9 Å². The van der Waals surface area contributed by atoms with Crippen LogP contribution in [-0.4, -0.2) is 21.6 Å². The SMILES string of the molecule is NNc1c(CN2C(=O)C3CC3C2=O)cccc1[N+](=O)[O-]. The fourth-order valence-corrected chi connectivity index (χ4v) is 2.61. The summed E-state index contributed by atoms with van der Waals surface area (Å²) in [6.07, 6.45) is 0.630. The molecule has 2 atom stereocenters. The van der Waals surface area contributed by atoms with Crippen molar-refractivity contribution in [2.24, 2.45) is 17.7 Å². The monoisotopic (exact) mass is 276 g/mol. The molecule has 0 spiro atoms. The fraction of sp³-hybridized carbons (Fsp3) is 0.333. The summed E-state index contributed by atoms with van der Waals surface area (Å²) in [5.74, 6) is 4.56. The molecular formula is C12H12N4O4. The van der Waals surface area contributed by atoms with Gasteiger partial charge in [-0.15, -0.1) is 0 Å². The first-order valence-corrected chi connectivity index (χ1v) is 6.12. The molecule has 0 bridgehead atoms. The third-order valence-electron chi connectivity index (χ3n) is 3.76. The van der Waals surface area contributed by atoms with E-state index in [1.165, 1.54) is 12.1 Å². The Morgan fingerprint density at radius 3 is 2.55 bits per heavy atom. The molecule has 1 aliphatic heterocycles. The normalized spacial score (nSPS) is 23.8. The smallest absolute Gasteiger partial charge is 0.293 e. The minimum atomic E-state index is -0.566. The number of hydrogen-bond donors (Lipinski definition) is 2. The van der Waals surface area contributed by atoms with Crippen molar-refractivity contribution >= 4 is 23.2 Å². The molecule has 1 aromatic carbocycles. The second-order valence-corrected chi connectivity index (χ2v) is 4.92. The van der Waals surface area contributed by atoms with Crippen molar-refractivity contribution in [1.82, 2.24) is 4.90 Å². The van der Waals surface area contributed by atoms with Crippen molar-refractivity contribution in [2.45, 2.75) is 13.0 Å². The van der Waals surface area contributed by atoms with Gasteiger partial charge in [0.2, 0.25) is 11.8 Å². The number of hydrazine groups is 1. The number of nitrogens with zero attached hydrogens (tertiary/aromatic N) is 2. The summed E-state index contributed by atoms with van der Waals surface area (Å²) in [7, 11) is 0. The molecule has 1 saturated carbocycles. The summed E-state index contributed by atoms with van der Waals surface area (Å²) in [4.78, 5) is 35.3. The van der Waals surface area contributed by atoms with E-state index in [9.17, 15) is 19.7 Å². The Labute approximate surface area is 113 Å². The van der Waals surface area contributed by atoms with Crippen molar-refractivity contribution < 1.29 is 14.5 Å². The quantitative estimate of drug-likeness (QED) is 0.355. The summed E-state index contributed by atoms with van der Waals surface area (Å²) in [6, 6.07) is 4.41. The Bertz CT molecular complexity index is 610. The van der Waals surface area contributed by atoms with Crippen LogP contribution in [-0.2, 0) is 16.1 Å². The zero-order chi connectivity index (χ0) is 14.4. The molecule has 8 nitrogen and oxygen atoms in total. The van der Waals surface area contributed by atoms with Crippen LogP contribution in [0.25, 0.3) is 0 Å². The number of nitrogens with one attached hydrogen (secondary N) is 1. The van der Waals surface area contributed by atoms with Gasteiger partial charge < -0.3 is 5.43 Å². The number of likely N-dealkylation sites (tertiary alicyclic amines) is 1. The van der Waals surface area contributed by atoms with Gasteiger partial charge in [-0.1, -0.05) is 12.1 Å². The predicted octanol–water partition coefficient (Wildman–Crippen LogP) is 0.385. The molecule has 2 aliphatic rings. The summed E-state index contributed by atoms with van der Waals surface area (Å²) < 4.78 is 0. The minimum Gasteiger partial charge on any atom is -0.318 e. The number of piperidine rings is 1. The van der Waals surface area contributed by atoms with E-state index < -0.39 is 4.92 Å². The van der Waals surface area contributed by atoms with Gasteiger partial charge in [-0.2, -0.15) is 0 Å². The molecule has 8 heteroatoms. The first kappa shape index (κ1) is 12.5. The van der Waals surface area contributed by atoms with Crippen LogP contribution < -0.4 is 11.3 Å². The maximum absolute atomic E-state index is 11.9. The van der Waals surface area contributed by atoms with E-state index in [0.29, 0.717) is 12.0 Å². The number of amides is 2. The highest BCUT2D eigenvalue weighted by molar-refractivity contribution is 6.08. The summed E-state index contributed by atoms with van der Waals surface area (Å²) >= 11 is 0. The van der Waals surface area contributed by atoms with Crippen molar-refractivity contribution in [2.75, 3.05) is 5.43 Å². The van der Waals surface area contributed by atoms with Crippen LogP contribution in [0.5, 0.6) is 0 Å². The summed E-state index contributed by atoms with van der Waals surface area (Å²) in [6.45, 7) is 0.00583. The number of carbonyl (C=O) groups excluding carboxylic acids is 2. The molecule has 2 unspecified atom stereocenters. The van der Waals surface area contributed by atoms with Crippen LogP contribution >= 0.6 is 0 Å². The zero-order valence-corrected chi connectivity index (χ0v) is 10.4. The third kappa shape index (κ3) is 1.73. The van der Waals surface area contributed by atoms with E-state index in [1.807, 2.05) is 0 Å². The molecule has 2 fully saturated rings. The molecule has 1 heterocycles. The lowest BCUT2D eigenvalue weighted by Gasteiger charge is -2.18. The van der Waals surface area contributed by atoms with Gasteiger partial charge in [0.15, 0.2) is 0 Å². The highest BCUT2D eigenvalue weighted by atomic mass is 16.6. The molecular weight excluding hydrogens is 264 g/mol. The maximum Gasteiger partial charge on any atom is 0.293 e. The van der Waals surface area contributed by atoms with Crippen molar-refractivity contribution in [3.8, 4) is 0 Å². The number of anilines is 1. The molecule has 1 aliphatic carbocycles. The van der Waals surface area contributed by atoms with Crippen molar-refractivity contribution in [1.29, 1.82) is 0 Å². The molecule has 104 valence electrons. The maximum atomic E-state index is 11.9. The Hall–Kier alpha value is -2.48. The summed E-state index contributed by atoms with van der Waals surface area (Å²) in [5.41, 5.74) is 2.67. The van der Waals surface area contributed by atoms with Gasteiger partial charge in [0, 0.05) is 11.6 Å². The second-order valence-electron chi connectivity index (χ2n) is 4.92. The van der Waals surface area contributed by atoms with Crippen LogP contribution in [0, 0.1) is 22.0 Å². The Morgan fingerprint density at radius 2 is 2.00 bits per heavy atom. The molecule has 3 rings (SSSR count). The molecule has 1 saturated heterocycles. The van der Waals surface area contributed by atoms with Gasteiger partial charge in [-0.05, 0) is 6.42 Å². The number of nitrogens with two attached hydrogens (primary N) is 1. The van der Waals surface area contributed by atoms with Gasteiger partial charge in [0.05, 0.1) is 23.3 Å². The largest absolute Gasteiger partial charge is 0.318 e. The average molecular weight is 276 g/mol.